The molecular weight excluding hydrogens is 595 g/mol. The van der Waals surface area contributed by atoms with Crippen molar-refractivity contribution in [2.75, 3.05) is 10.8 Å². The van der Waals surface area contributed by atoms with Gasteiger partial charge in [-0.1, -0.05) is 109 Å². The molecule has 5 rings (SSSR count). The van der Waals surface area contributed by atoms with Gasteiger partial charge in [-0.25, -0.2) is 8.42 Å². The summed E-state index contributed by atoms with van der Waals surface area (Å²) in [5.74, 6) is -0.679. The minimum Gasteiger partial charge on any atom is -0.352 e. The summed E-state index contributed by atoms with van der Waals surface area (Å²) in [4.78, 5) is 30.4. The molecule has 2 amide bonds. The van der Waals surface area contributed by atoms with Crippen molar-refractivity contribution >= 4 is 27.5 Å². The Morgan fingerprint density at radius 2 is 1.37 bits per heavy atom. The monoisotopic (exact) mass is 637 g/mol. The van der Waals surface area contributed by atoms with E-state index in [0.29, 0.717) is 12.1 Å². The second kappa shape index (κ2) is 14.8. The lowest BCUT2D eigenvalue weighted by atomic mass is 10.0. The Morgan fingerprint density at radius 3 is 1.98 bits per heavy atom. The summed E-state index contributed by atoms with van der Waals surface area (Å²) in [6, 6.07) is 30.5. The van der Waals surface area contributed by atoms with Gasteiger partial charge in [-0.15, -0.1) is 0 Å². The Balaban J connectivity index is 1.57. The number of anilines is 1. The molecule has 1 aliphatic carbocycles. The van der Waals surface area contributed by atoms with Crippen molar-refractivity contribution in [3.63, 3.8) is 0 Å². The lowest BCUT2D eigenvalue weighted by Crippen LogP contribution is -2.54. The largest absolute Gasteiger partial charge is 0.352 e. The molecule has 240 valence electrons. The summed E-state index contributed by atoms with van der Waals surface area (Å²) >= 11 is 0. The normalized spacial score (nSPS) is 14.1. The van der Waals surface area contributed by atoms with Gasteiger partial charge in [0.25, 0.3) is 10.0 Å². The second-order valence-corrected chi connectivity index (χ2v) is 14.2. The summed E-state index contributed by atoms with van der Waals surface area (Å²) in [7, 11) is -4.15. The first-order chi connectivity index (χ1) is 22.1. The van der Waals surface area contributed by atoms with E-state index in [1.54, 1.807) is 35.2 Å². The Morgan fingerprint density at radius 1 is 0.783 bits per heavy atom. The van der Waals surface area contributed by atoms with Gasteiger partial charge in [0.05, 0.1) is 10.6 Å². The number of amides is 2. The molecule has 1 N–H and O–H groups in total. The quantitative estimate of drug-likeness (QED) is 0.192. The first-order valence-corrected chi connectivity index (χ1v) is 17.4. The van der Waals surface area contributed by atoms with Crippen LogP contribution >= 0.6 is 0 Å². The third kappa shape index (κ3) is 8.04. The molecule has 8 heteroatoms. The molecule has 1 aliphatic rings. The first-order valence-electron chi connectivity index (χ1n) is 16.0. The molecule has 1 fully saturated rings. The van der Waals surface area contributed by atoms with Gasteiger partial charge in [-0.05, 0) is 68.5 Å². The minimum absolute atomic E-state index is 0.0630. The molecule has 0 saturated heterocycles. The second-order valence-electron chi connectivity index (χ2n) is 12.3. The number of carbonyl (C=O) groups excluding carboxylic acids is 2. The zero-order valence-electron chi connectivity index (χ0n) is 26.9. The van der Waals surface area contributed by atoms with Gasteiger partial charge in [-0.2, -0.15) is 0 Å². The Labute approximate surface area is 273 Å². The van der Waals surface area contributed by atoms with Gasteiger partial charge in [0.15, 0.2) is 0 Å². The molecule has 0 aromatic heterocycles. The van der Waals surface area contributed by atoms with Crippen LogP contribution in [0.4, 0.5) is 5.69 Å². The van der Waals surface area contributed by atoms with Gasteiger partial charge >= 0.3 is 0 Å². The van der Waals surface area contributed by atoms with Gasteiger partial charge < -0.3 is 10.2 Å². The Kier molecular flexibility index (Phi) is 10.6. The molecule has 0 heterocycles. The van der Waals surface area contributed by atoms with Crippen molar-refractivity contribution in [2.45, 2.75) is 76.4 Å². The number of benzene rings is 4. The average Bonchev–Trinajstić information content (AvgIpc) is 3.56. The van der Waals surface area contributed by atoms with Crippen molar-refractivity contribution in [1.82, 2.24) is 10.2 Å². The number of nitrogens with one attached hydrogen (secondary N) is 1. The van der Waals surface area contributed by atoms with Gasteiger partial charge in [0, 0.05) is 19.0 Å². The van der Waals surface area contributed by atoms with Gasteiger partial charge in [0.1, 0.15) is 12.6 Å². The van der Waals surface area contributed by atoms with E-state index in [1.165, 1.54) is 4.31 Å². The van der Waals surface area contributed by atoms with E-state index in [-0.39, 0.29) is 23.4 Å². The number of rotatable bonds is 12. The van der Waals surface area contributed by atoms with E-state index >= 15 is 0 Å². The summed E-state index contributed by atoms with van der Waals surface area (Å²) in [5.41, 5.74) is 4.84. The molecule has 4 aromatic rings. The van der Waals surface area contributed by atoms with E-state index in [0.717, 1.165) is 53.5 Å². The summed E-state index contributed by atoms with van der Waals surface area (Å²) < 4.78 is 29.8. The highest BCUT2D eigenvalue weighted by Gasteiger charge is 2.36. The minimum atomic E-state index is -4.15. The molecule has 1 saturated carbocycles. The molecule has 0 spiro atoms. The molecule has 0 aliphatic heterocycles. The number of carbonyl (C=O) groups is 2. The zero-order valence-corrected chi connectivity index (χ0v) is 27.7. The molecule has 4 aromatic carbocycles. The Hall–Kier alpha value is -4.43. The third-order valence-electron chi connectivity index (χ3n) is 8.68. The Bertz CT molecular complexity index is 1740. The number of hydrogen-bond donors (Lipinski definition) is 1. The maximum atomic E-state index is 14.7. The summed E-state index contributed by atoms with van der Waals surface area (Å²) in [6.07, 6.45) is 4.23. The van der Waals surface area contributed by atoms with Crippen LogP contribution in [0.3, 0.4) is 0 Å². The standard InChI is InChI=1S/C38H43N3O4S/c1-28-18-21-34(22-19-28)46(44,45)41(35-23-20-29(2)24-30(35)3)27-37(42)40(26-32-14-8-5-9-15-32)36(25-31-12-6-4-7-13-31)38(43)39-33-16-10-11-17-33/h4-9,12-15,18-24,33,36H,10-11,16-17,25-27H2,1-3H3,(H,39,43)/t36-/m0/s1. The fourth-order valence-electron chi connectivity index (χ4n) is 6.14. The summed E-state index contributed by atoms with van der Waals surface area (Å²) in [5, 5.41) is 3.22. The lowest BCUT2D eigenvalue weighted by Gasteiger charge is -2.34. The van der Waals surface area contributed by atoms with Gasteiger partial charge in [0.2, 0.25) is 11.8 Å². The van der Waals surface area contributed by atoms with E-state index < -0.39 is 28.5 Å². The van der Waals surface area contributed by atoms with Crippen molar-refractivity contribution in [2.24, 2.45) is 0 Å². The van der Waals surface area contributed by atoms with Crippen LogP contribution in [0, 0.1) is 20.8 Å². The van der Waals surface area contributed by atoms with E-state index in [1.807, 2.05) is 93.6 Å². The third-order valence-corrected chi connectivity index (χ3v) is 10.5. The average molecular weight is 638 g/mol. The maximum absolute atomic E-state index is 14.7. The molecule has 7 nitrogen and oxygen atoms in total. The van der Waals surface area contributed by atoms with Crippen LogP contribution in [0.5, 0.6) is 0 Å². The van der Waals surface area contributed by atoms with E-state index in [2.05, 4.69) is 5.32 Å². The lowest BCUT2D eigenvalue weighted by molar-refractivity contribution is -0.140. The van der Waals surface area contributed by atoms with Crippen LogP contribution in [0.25, 0.3) is 0 Å². The molecular formula is C38H43N3O4S. The highest BCUT2D eigenvalue weighted by atomic mass is 32.2. The van der Waals surface area contributed by atoms with Crippen molar-refractivity contribution < 1.29 is 18.0 Å². The predicted molar refractivity (Wildman–Crippen MR) is 183 cm³/mol. The van der Waals surface area contributed by atoms with Crippen LogP contribution in [-0.2, 0) is 32.6 Å². The predicted octanol–water partition coefficient (Wildman–Crippen LogP) is 6.51. The molecule has 0 radical (unpaired) electrons. The maximum Gasteiger partial charge on any atom is 0.264 e. The number of hydrogen-bond acceptors (Lipinski definition) is 4. The highest BCUT2D eigenvalue weighted by Crippen LogP contribution is 2.29. The number of aryl methyl sites for hydroxylation is 3. The van der Waals surface area contributed by atoms with Crippen LogP contribution in [0.2, 0.25) is 0 Å². The highest BCUT2D eigenvalue weighted by molar-refractivity contribution is 7.92. The van der Waals surface area contributed by atoms with Crippen molar-refractivity contribution in [1.29, 1.82) is 0 Å². The van der Waals surface area contributed by atoms with Crippen LogP contribution in [-0.4, -0.2) is 43.8 Å². The molecule has 0 unspecified atom stereocenters. The molecule has 1 atom stereocenters. The number of nitrogens with zero attached hydrogens (tertiary/aromatic N) is 2. The topological polar surface area (TPSA) is 86.8 Å². The fraction of sp³-hybridized carbons (Fsp3) is 0.316. The molecule has 0 bridgehead atoms. The molecule has 46 heavy (non-hydrogen) atoms. The van der Waals surface area contributed by atoms with Crippen molar-refractivity contribution in [3.8, 4) is 0 Å². The SMILES string of the molecule is Cc1ccc(S(=O)(=O)N(CC(=O)N(Cc2ccccc2)[C@@H](Cc2ccccc2)C(=O)NC2CCCC2)c2ccc(C)cc2C)cc1. The summed E-state index contributed by atoms with van der Waals surface area (Å²) in [6.45, 7) is 5.38. The van der Waals surface area contributed by atoms with Gasteiger partial charge in [-0.3, -0.25) is 13.9 Å². The number of sulfonamides is 1. The first kappa shape index (κ1) is 32.9. The van der Waals surface area contributed by atoms with E-state index in [9.17, 15) is 18.0 Å². The zero-order chi connectivity index (χ0) is 32.7. The van der Waals surface area contributed by atoms with Crippen LogP contribution in [0.1, 0.15) is 53.5 Å². The van der Waals surface area contributed by atoms with Crippen LogP contribution < -0.4 is 9.62 Å². The smallest absolute Gasteiger partial charge is 0.264 e. The fourth-order valence-corrected chi connectivity index (χ4v) is 7.62. The van der Waals surface area contributed by atoms with E-state index in [4.69, 9.17) is 0 Å². The van der Waals surface area contributed by atoms with Crippen molar-refractivity contribution in [3.05, 3.63) is 131 Å². The van der Waals surface area contributed by atoms with Crippen LogP contribution in [0.15, 0.2) is 108 Å².